The Labute approximate surface area is 348 Å². The lowest BCUT2D eigenvalue weighted by atomic mass is 9.74. The fourth-order valence-electron chi connectivity index (χ4n) is 10.6. The monoisotopic (exact) mass is 757 g/mol. The lowest BCUT2D eigenvalue weighted by Crippen LogP contribution is -2.22. The smallest absolute Gasteiger partial charge is 0.0543 e. The highest BCUT2D eigenvalue weighted by molar-refractivity contribution is 6.05. The van der Waals surface area contributed by atoms with E-state index < -0.39 is 0 Å². The lowest BCUT2D eigenvalue weighted by molar-refractivity contribution is 0.445. The summed E-state index contributed by atoms with van der Waals surface area (Å²) in [6.07, 6.45) is 6.50. The molecule has 1 nitrogen and oxygen atoms in total. The predicted molar refractivity (Wildman–Crippen MR) is 250 cm³/mol. The molecule has 2 aliphatic carbocycles. The van der Waals surface area contributed by atoms with Crippen LogP contribution >= 0.6 is 0 Å². The third-order valence-corrected chi connectivity index (χ3v) is 13.5. The Kier molecular flexibility index (Phi) is 8.77. The van der Waals surface area contributed by atoms with Crippen molar-refractivity contribution in [1.29, 1.82) is 0 Å². The van der Waals surface area contributed by atoms with E-state index in [1.54, 1.807) is 0 Å². The molecule has 0 N–H and O–H groups in total. The summed E-state index contributed by atoms with van der Waals surface area (Å²) in [6.45, 7) is 2.41. The van der Waals surface area contributed by atoms with E-state index in [1.807, 2.05) is 0 Å². The van der Waals surface area contributed by atoms with Crippen molar-refractivity contribution in [2.45, 2.75) is 50.4 Å². The van der Waals surface area contributed by atoms with Crippen molar-refractivity contribution in [2.24, 2.45) is 0 Å². The molecule has 9 aromatic rings. The van der Waals surface area contributed by atoms with Crippen LogP contribution in [0.25, 0.3) is 54.9 Å². The Morgan fingerprint density at radius 2 is 1.05 bits per heavy atom. The van der Waals surface area contributed by atoms with Gasteiger partial charge in [0.25, 0.3) is 0 Å². The topological polar surface area (TPSA) is 3.24 Å². The predicted octanol–water partition coefficient (Wildman–Crippen LogP) is 16.2. The second-order valence-corrected chi connectivity index (χ2v) is 16.8. The average molecular weight is 758 g/mol. The van der Waals surface area contributed by atoms with Crippen LogP contribution in [0.3, 0.4) is 0 Å². The Balaban J connectivity index is 1.15. The summed E-state index contributed by atoms with van der Waals surface area (Å²) in [6, 6.07) is 74.9. The lowest BCUT2D eigenvalue weighted by Gasteiger charge is -2.32. The van der Waals surface area contributed by atoms with Crippen LogP contribution in [0.2, 0.25) is 0 Å². The van der Waals surface area contributed by atoms with Crippen LogP contribution in [0.5, 0.6) is 0 Å². The van der Waals surface area contributed by atoms with E-state index in [-0.39, 0.29) is 5.41 Å². The Hall–Kier alpha value is -6.70. The van der Waals surface area contributed by atoms with Gasteiger partial charge in [0.2, 0.25) is 0 Å². The Bertz CT molecular complexity index is 2980. The van der Waals surface area contributed by atoms with Gasteiger partial charge in [-0.1, -0.05) is 189 Å². The van der Waals surface area contributed by atoms with Crippen LogP contribution in [0.4, 0.5) is 17.1 Å². The molecular formula is C58H47N. The first-order valence-electron chi connectivity index (χ1n) is 21.5. The van der Waals surface area contributed by atoms with Crippen molar-refractivity contribution in [3.05, 3.63) is 222 Å². The van der Waals surface area contributed by atoms with Crippen LogP contribution < -0.4 is 4.90 Å². The molecule has 2 aliphatic rings. The molecule has 0 spiro atoms. The van der Waals surface area contributed by atoms with Gasteiger partial charge in [-0.15, -0.1) is 0 Å². The first-order chi connectivity index (χ1) is 29.2. The van der Waals surface area contributed by atoms with Gasteiger partial charge in [-0.05, 0) is 122 Å². The summed E-state index contributed by atoms with van der Waals surface area (Å²) in [5, 5.41) is 5.24. The van der Waals surface area contributed by atoms with E-state index in [0.29, 0.717) is 5.92 Å². The minimum Gasteiger partial charge on any atom is -0.309 e. The van der Waals surface area contributed by atoms with E-state index in [0.717, 1.165) is 5.69 Å². The molecule has 11 rings (SSSR count). The van der Waals surface area contributed by atoms with E-state index in [2.05, 4.69) is 212 Å². The second kappa shape index (κ2) is 14.6. The molecule has 0 heterocycles. The molecule has 0 aromatic heterocycles. The summed E-state index contributed by atoms with van der Waals surface area (Å²) in [5.41, 5.74) is 16.3. The first-order valence-corrected chi connectivity index (χ1v) is 21.5. The number of hydrogen-bond acceptors (Lipinski definition) is 1. The van der Waals surface area contributed by atoms with Crippen molar-refractivity contribution in [2.75, 3.05) is 4.90 Å². The summed E-state index contributed by atoms with van der Waals surface area (Å²) in [5.74, 6) is 0.587. The largest absolute Gasteiger partial charge is 0.309 e. The zero-order chi connectivity index (χ0) is 39.3. The molecule has 1 heteroatoms. The molecular weight excluding hydrogens is 711 g/mol. The van der Waals surface area contributed by atoms with Crippen molar-refractivity contribution in [3.63, 3.8) is 0 Å². The quantitative estimate of drug-likeness (QED) is 0.156. The van der Waals surface area contributed by atoms with E-state index in [1.165, 1.54) is 121 Å². The summed E-state index contributed by atoms with van der Waals surface area (Å²) >= 11 is 0. The fourth-order valence-corrected chi connectivity index (χ4v) is 10.6. The molecule has 1 unspecified atom stereocenters. The maximum absolute atomic E-state index is 2.55. The molecule has 284 valence electrons. The Morgan fingerprint density at radius 3 is 1.88 bits per heavy atom. The third kappa shape index (κ3) is 5.91. The highest BCUT2D eigenvalue weighted by atomic mass is 15.1. The van der Waals surface area contributed by atoms with Gasteiger partial charge in [0, 0.05) is 22.2 Å². The maximum Gasteiger partial charge on any atom is 0.0543 e. The zero-order valence-corrected chi connectivity index (χ0v) is 33.6. The number of anilines is 3. The van der Waals surface area contributed by atoms with Crippen molar-refractivity contribution < 1.29 is 0 Å². The van der Waals surface area contributed by atoms with Gasteiger partial charge in [0.15, 0.2) is 0 Å². The van der Waals surface area contributed by atoms with Crippen molar-refractivity contribution in [3.8, 4) is 33.4 Å². The molecule has 0 radical (unpaired) electrons. The number of rotatable bonds is 7. The van der Waals surface area contributed by atoms with E-state index >= 15 is 0 Å². The molecule has 0 amide bonds. The second-order valence-electron chi connectivity index (χ2n) is 16.8. The SMILES string of the molecule is CC1(c2ccccc2)c2ccccc2-c2c(N(c3ccc(-c4ccc5ccccc5c4)cc3)c3ccccc3-c3cccc4cccc(C5CCCCC5)c34)cccc21. The number of hydrogen-bond donors (Lipinski definition) is 0. The van der Waals surface area contributed by atoms with E-state index in [4.69, 9.17) is 0 Å². The molecule has 0 aliphatic heterocycles. The molecule has 1 atom stereocenters. The van der Waals surface area contributed by atoms with Gasteiger partial charge < -0.3 is 4.90 Å². The molecule has 9 aromatic carbocycles. The summed E-state index contributed by atoms with van der Waals surface area (Å²) < 4.78 is 0. The van der Waals surface area contributed by atoms with Crippen LogP contribution in [-0.2, 0) is 5.41 Å². The molecule has 59 heavy (non-hydrogen) atoms. The standard InChI is InChI=1S/C58H47N/c1-58(46-23-6-3-7-24-46)52-29-12-10-26-51(52)57-53(58)30-16-32-55(57)59(47-37-35-41(36-38-47)45-34-33-40-17-8-9-20-44(40)39-45)54-31-13-11-25-49(54)50-28-15-22-43-21-14-27-48(56(43)50)42-18-4-2-5-19-42/h3,6-17,20-39,42H,2,4-5,18-19H2,1H3. The minimum atomic E-state index is -0.307. The first kappa shape index (κ1) is 35.5. The van der Waals surface area contributed by atoms with Gasteiger partial charge in [-0.25, -0.2) is 0 Å². The minimum absolute atomic E-state index is 0.307. The van der Waals surface area contributed by atoms with Gasteiger partial charge >= 0.3 is 0 Å². The summed E-state index contributed by atoms with van der Waals surface area (Å²) in [7, 11) is 0. The fraction of sp³-hybridized carbons (Fsp3) is 0.138. The van der Waals surface area contributed by atoms with Crippen molar-refractivity contribution in [1.82, 2.24) is 0 Å². The maximum atomic E-state index is 2.55. The molecule has 0 saturated heterocycles. The Morgan fingerprint density at radius 1 is 0.441 bits per heavy atom. The third-order valence-electron chi connectivity index (χ3n) is 13.5. The molecule has 0 bridgehead atoms. The van der Waals surface area contributed by atoms with Gasteiger partial charge in [-0.3, -0.25) is 0 Å². The number of benzene rings is 9. The van der Waals surface area contributed by atoms with Gasteiger partial charge in [0.1, 0.15) is 0 Å². The number of para-hydroxylation sites is 1. The zero-order valence-electron chi connectivity index (χ0n) is 33.6. The average Bonchev–Trinajstić information content (AvgIpc) is 3.58. The van der Waals surface area contributed by atoms with Crippen molar-refractivity contribution >= 4 is 38.6 Å². The van der Waals surface area contributed by atoms with Crippen LogP contribution in [0.15, 0.2) is 200 Å². The van der Waals surface area contributed by atoms with Gasteiger partial charge in [0.05, 0.1) is 11.4 Å². The molecule has 1 fully saturated rings. The number of nitrogens with zero attached hydrogens (tertiary/aromatic N) is 1. The highest BCUT2D eigenvalue weighted by Crippen LogP contribution is 2.57. The summed E-state index contributed by atoms with van der Waals surface area (Å²) in [4.78, 5) is 2.55. The number of fused-ring (bicyclic) bond motifs is 5. The molecule has 1 saturated carbocycles. The normalized spacial score (nSPS) is 16.2. The van der Waals surface area contributed by atoms with Gasteiger partial charge in [-0.2, -0.15) is 0 Å². The van der Waals surface area contributed by atoms with Crippen LogP contribution in [-0.4, -0.2) is 0 Å². The van der Waals surface area contributed by atoms with E-state index in [9.17, 15) is 0 Å². The highest BCUT2D eigenvalue weighted by Gasteiger charge is 2.42. The van der Waals surface area contributed by atoms with Crippen LogP contribution in [0, 0.1) is 0 Å². The van der Waals surface area contributed by atoms with Crippen LogP contribution in [0.1, 0.15) is 67.2 Å².